The van der Waals surface area contributed by atoms with Crippen molar-refractivity contribution in [3.8, 4) is 0 Å². The highest BCUT2D eigenvalue weighted by Crippen LogP contribution is 2.09. The lowest BCUT2D eigenvalue weighted by atomic mass is 10.3. The van der Waals surface area contributed by atoms with Crippen LogP contribution in [0.4, 0.5) is 0 Å². The summed E-state index contributed by atoms with van der Waals surface area (Å²) in [5, 5.41) is 8.15. The van der Waals surface area contributed by atoms with E-state index in [1.54, 1.807) is 4.68 Å². The maximum absolute atomic E-state index is 5.50. The molecule has 0 saturated carbocycles. The molecule has 0 fully saturated rings. The van der Waals surface area contributed by atoms with Crippen LogP contribution in [-0.4, -0.2) is 35.9 Å². The number of rotatable bonds is 4. The van der Waals surface area contributed by atoms with Crippen LogP contribution in [0.25, 0.3) is 5.78 Å². The van der Waals surface area contributed by atoms with Gasteiger partial charge < -0.3 is 5.73 Å². The van der Waals surface area contributed by atoms with Crippen molar-refractivity contribution in [3.63, 3.8) is 0 Å². The van der Waals surface area contributed by atoms with Crippen molar-refractivity contribution in [2.45, 2.75) is 26.8 Å². The Kier molecular flexibility index (Phi) is 3.19. The molecule has 2 N–H and O–H groups in total. The molecule has 3 aromatic rings. The van der Waals surface area contributed by atoms with E-state index in [0.717, 1.165) is 35.0 Å². The molecule has 3 rings (SSSR count). The molecule has 0 spiro atoms. The van der Waals surface area contributed by atoms with E-state index in [0.29, 0.717) is 13.1 Å². The predicted molar refractivity (Wildman–Crippen MR) is 74.3 cm³/mol. The smallest absolute Gasteiger partial charge is 0.234 e. The van der Waals surface area contributed by atoms with Gasteiger partial charge in [-0.25, -0.2) is 14.6 Å². The van der Waals surface area contributed by atoms with E-state index in [9.17, 15) is 0 Å². The largest absolute Gasteiger partial charge is 0.330 e. The number of hydrogen-bond donors (Lipinski definition) is 1. The minimum atomic E-state index is 0.579. The molecule has 0 unspecified atom stereocenters. The topological polar surface area (TPSA) is 86.9 Å². The van der Waals surface area contributed by atoms with Gasteiger partial charge in [0.25, 0.3) is 0 Å². The summed E-state index contributed by atoms with van der Waals surface area (Å²) in [5.41, 5.74) is 9.41. The molecule has 3 heterocycles. The molecule has 0 bridgehead atoms. The Balaban J connectivity index is 1.88. The molecule has 104 valence electrons. The average Bonchev–Trinajstić information content (AvgIpc) is 2.97. The van der Waals surface area contributed by atoms with Gasteiger partial charge in [-0.2, -0.15) is 0 Å². The van der Waals surface area contributed by atoms with Gasteiger partial charge in [-0.1, -0.05) is 5.21 Å². The maximum atomic E-state index is 5.50. The minimum absolute atomic E-state index is 0.579. The van der Waals surface area contributed by atoms with Crippen LogP contribution in [0.3, 0.4) is 0 Å². The second kappa shape index (κ2) is 5.01. The van der Waals surface area contributed by atoms with Crippen LogP contribution in [0.2, 0.25) is 0 Å². The van der Waals surface area contributed by atoms with Crippen LogP contribution in [-0.2, 0) is 13.0 Å². The minimum Gasteiger partial charge on any atom is -0.330 e. The van der Waals surface area contributed by atoms with Gasteiger partial charge in [0.15, 0.2) is 0 Å². The lowest BCUT2D eigenvalue weighted by Gasteiger charge is -1.98. The summed E-state index contributed by atoms with van der Waals surface area (Å²) in [5.74, 6) is 0.722. The van der Waals surface area contributed by atoms with E-state index in [1.165, 1.54) is 0 Å². The van der Waals surface area contributed by atoms with Crippen LogP contribution in [0.1, 0.15) is 22.8 Å². The third-order valence-electron chi connectivity index (χ3n) is 3.12. The summed E-state index contributed by atoms with van der Waals surface area (Å²) >= 11 is 0. The first-order chi connectivity index (χ1) is 9.65. The standard InChI is InChI=1S/C13H17N7/c1-9-5-10(2)20-8-12(16-13(20)15-9)7-19-6-11(3-4-14)17-18-19/h5-6,8H,3-4,7,14H2,1-2H3. The molecule has 0 atom stereocenters. The van der Waals surface area contributed by atoms with Gasteiger partial charge in [-0.15, -0.1) is 5.10 Å². The van der Waals surface area contributed by atoms with Crippen LogP contribution < -0.4 is 5.73 Å². The van der Waals surface area contributed by atoms with Crippen molar-refractivity contribution in [1.82, 2.24) is 29.4 Å². The lowest BCUT2D eigenvalue weighted by Crippen LogP contribution is -2.03. The molecule has 0 aliphatic heterocycles. The number of imidazole rings is 1. The number of fused-ring (bicyclic) bond motifs is 1. The summed E-state index contributed by atoms with van der Waals surface area (Å²) in [7, 11) is 0. The Morgan fingerprint density at radius 1 is 1.15 bits per heavy atom. The second-order valence-corrected chi connectivity index (χ2v) is 4.89. The molecular formula is C13H17N7. The summed E-state index contributed by atoms with van der Waals surface area (Å²) in [6.45, 7) is 5.18. The Hall–Kier alpha value is -2.28. The SMILES string of the molecule is Cc1cc(C)n2cc(Cn3cc(CCN)nn3)nc2n1. The van der Waals surface area contributed by atoms with Crippen molar-refractivity contribution in [2.75, 3.05) is 6.54 Å². The molecule has 7 heteroatoms. The summed E-state index contributed by atoms with van der Waals surface area (Å²) in [4.78, 5) is 8.95. The highest BCUT2D eigenvalue weighted by Gasteiger charge is 2.07. The molecule has 0 amide bonds. The Morgan fingerprint density at radius 2 is 2.00 bits per heavy atom. The van der Waals surface area contributed by atoms with Gasteiger partial charge >= 0.3 is 0 Å². The fourth-order valence-corrected chi connectivity index (χ4v) is 2.24. The van der Waals surface area contributed by atoms with E-state index in [4.69, 9.17) is 5.73 Å². The third-order valence-corrected chi connectivity index (χ3v) is 3.12. The molecule has 7 nitrogen and oxygen atoms in total. The lowest BCUT2D eigenvalue weighted by molar-refractivity contribution is 0.640. The quantitative estimate of drug-likeness (QED) is 0.746. The molecule has 0 aliphatic carbocycles. The first kappa shape index (κ1) is 12.7. The summed E-state index contributed by atoms with van der Waals surface area (Å²) in [6, 6.07) is 2.03. The predicted octanol–water partition coefficient (Wildman–Crippen LogP) is 0.487. The van der Waals surface area contributed by atoms with Gasteiger partial charge in [0.2, 0.25) is 5.78 Å². The van der Waals surface area contributed by atoms with Gasteiger partial charge in [-0.05, 0) is 26.5 Å². The highest BCUT2D eigenvalue weighted by molar-refractivity contribution is 5.34. The van der Waals surface area contributed by atoms with Gasteiger partial charge in [-0.3, -0.25) is 4.40 Å². The number of aromatic nitrogens is 6. The van der Waals surface area contributed by atoms with E-state index in [-0.39, 0.29) is 0 Å². The molecule has 0 aromatic carbocycles. The second-order valence-electron chi connectivity index (χ2n) is 4.89. The van der Waals surface area contributed by atoms with Crippen LogP contribution in [0, 0.1) is 13.8 Å². The average molecular weight is 271 g/mol. The molecule has 0 aliphatic rings. The van der Waals surface area contributed by atoms with Gasteiger partial charge in [0.05, 0.1) is 17.9 Å². The third kappa shape index (κ3) is 2.39. The fraction of sp³-hybridized carbons (Fsp3) is 0.385. The van der Waals surface area contributed by atoms with Crippen LogP contribution in [0.5, 0.6) is 0 Å². The molecular weight excluding hydrogens is 254 g/mol. The zero-order valence-electron chi connectivity index (χ0n) is 11.6. The van der Waals surface area contributed by atoms with Gasteiger partial charge in [0, 0.05) is 30.2 Å². The maximum Gasteiger partial charge on any atom is 0.234 e. The first-order valence-electron chi connectivity index (χ1n) is 6.57. The molecule has 20 heavy (non-hydrogen) atoms. The Bertz CT molecular complexity index is 740. The summed E-state index contributed by atoms with van der Waals surface area (Å²) in [6.07, 6.45) is 4.63. The van der Waals surface area contributed by atoms with E-state index >= 15 is 0 Å². The van der Waals surface area contributed by atoms with E-state index in [2.05, 4.69) is 20.3 Å². The van der Waals surface area contributed by atoms with Crippen LogP contribution in [0.15, 0.2) is 18.5 Å². The first-order valence-corrected chi connectivity index (χ1v) is 6.57. The Labute approximate surface area is 116 Å². The molecule has 0 saturated heterocycles. The van der Waals surface area contributed by atoms with Crippen molar-refractivity contribution in [3.05, 3.63) is 41.2 Å². The van der Waals surface area contributed by atoms with E-state index in [1.807, 2.05) is 36.7 Å². The van der Waals surface area contributed by atoms with Crippen molar-refractivity contribution < 1.29 is 0 Å². The van der Waals surface area contributed by atoms with Crippen molar-refractivity contribution in [2.24, 2.45) is 5.73 Å². The zero-order valence-corrected chi connectivity index (χ0v) is 11.6. The normalized spacial score (nSPS) is 11.3. The number of aryl methyl sites for hydroxylation is 2. The summed E-state index contributed by atoms with van der Waals surface area (Å²) < 4.78 is 3.76. The molecule has 0 radical (unpaired) electrons. The number of nitrogens with two attached hydrogens (primary N) is 1. The van der Waals surface area contributed by atoms with Crippen LogP contribution >= 0.6 is 0 Å². The monoisotopic (exact) mass is 271 g/mol. The van der Waals surface area contributed by atoms with E-state index < -0.39 is 0 Å². The number of hydrogen-bond acceptors (Lipinski definition) is 5. The van der Waals surface area contributed by atoms with Crippen molar-refractivity contribution in [1.29, 1.82) is 0 Å². The highest BCUT2D eigenvalue weighted by atomic mass is 15.4. The zero-order chi connectivity index (χ0) is 14.1. The number of nitrogens with zero attached hydrogens (tertiary/aromatic N) is 6. The van der Waals surface area contributed by atoms with Gasteiger partial charge in [0.1, 0.15) is 0 Å². The fourth-order valence-electron chi connectivity index (χ4n) is 2.24. The Morgan fingerprint density at radius 3 is 2.80 bits per heavy atom. The molecule has 3 aromatic heterocycles. The van der Waals surface area contributed by atoms with Crippen molar-refractivity contribution >= 4 is 5.78 Å².